The fourth-order valence-electron chi connectivity index (χ4n) is 2.98. The zero-order chi connectivity index (χ0) is 18.4. The summed E-state index contributed by atoms with van der Waals surface area (Å²) in [6.07, 6.45) is 0.925. The Labute approximate surface area is 151 Å². The number of rotatable bonds is 7. The summed E-state index contributed by atoms with van der Waals surface area (Å²) in [5, 5.41) is 11.5. The van der Waals surface area contributed by atoms with Gasteiger partial charge in [0.25, 0.3) is 0 Å². The molecule has 0 aliphatic carbocycles. The van der Waals surface area contributed by atoms with Crippen LogP contribution in [0.25, 0.3) is 0 Å². The van der Waals surface area contributed by atoms with Crippen LogP contribution in [0, 0.1) is 0 Å². The second-order valence-corrected chi connectivity index (χ2v) is 6.12. The molecule has 1 atom stereocenters. The van der Waals surface area contributed by atoms with Gasteiger partial charge in [-0.1, -0.05) is 36.4 Å². The predicted octanol–water partition coefficient (Wildman–Crippen LogP) is 2.47. The van der Waals surface area contributed by atoms with Gasteiger partial charge in [0.2, 0.25) is 5.91 Å². The number of fused-ring (bicyclic) bond motifs is 1. The van der Waals surface area contributed by atoms with Gasteiger partial charge in [0, 0.05) is 6.54 Å². The van der Waals surface area contributed by atoms with Crippen molar-refractivity contribution in [3.8, 4) is 5.75 Å². The highest BCUT2D eigenvalue weighted by molar-refractivity contribution is 5.76. The van der Waals surface area contributed by atoms with Crippen molar-refractivity contribution in [1.82, 2.24) is 5.32 Å². The molecule has 0 spiro atoms. The quantitative estimate of drug-likeness (QED) is 0.797. The number of aliphatic carboxylic acids is 1. The van der Waals surface area contributed by atoms with Crippen molar-refractivity contribution < 1.29 is 24.2 Å². The molecular weight excluding hydrogens is 334 g/mol. The fraction of sp³-hybridized carbons (Fsp3) is 0.300. The molecule has 0 aromatic heterocycles. The molecule has 2 aromatic rings. The van der Waals surface area contributed by atoms with Crippen LogP contribution in [-0.4, -0.2) is 30.2 Å². The van der Waals surface area contributed by atoms with Gasteiger partial charge in [-0.2, -0.15) is 0 Å². The van der Waals surface area contributed by atoms with E-state index in [-0.39, 0.29) is 18.4 Å². The van der Waals surface area contributed by atoms with Crippen molar-refractivity contribution in [2.75, 3.05) is 13.2 Å². The van der Waals surface area contributed by atoms with Gasteiger partial charge in [-0.25, -0.2) is 4.79 Å². The summed E-state index contributed by atoms with van der Waals surface area (Å²) in [5.74, 6) is -0.663. The van der Waals surface area contributed by atoms with Gasteiger partial charge in [-0.15, -0.1) is 0 Å². The van der Waals surface area contributed by atoms with Crippen LogP contribution in [0.15, 0.2) is 48.5 Å². The first-order valence-corrected chi connectivity index (χ1v) is 8.51. The smallest absolute Gasteiger partial charge is 0.341 e. The minimum Gasteiger partial charge on any atom is -0.482 e. The number of ether oxygens (including phenoxy) is 2. The number of hydrogen-bond donors (Lipinski definition) is 2. The molecule has 0 unspecified atom stereocenters. The Kier molecular flexibility index (Phi) is 5.86. The van der Waals surface area contributed by atoms with Gasteiger partial charge in [0.1, 0.15) is 5.75 Å². The largest absolute Gasteiger partial charge is 0.482 e. The molecule has 6 nitrogen and oxygen atoms in total. The Morgan fingerprint density at radius 2 is 2.04 bits per heavy atom. The van der Waals surface area contributed by atoms with E-state index in [1.165, 1.54) is 5.56 Å². The first-order chi connectivity index (χ1) is 12.6. The minimum absolute atomic E-state index is 0.0939. The molecule has 3 rings (SSSR count). The predicted molar refractivity (Wildman–Crippen MR) is 94.9 cm³/mol. The summed E-state index contributed by atoms with van der Waals surface area (Å²) in [7, 11) is 0. The minimum atomic E-state index is -1.03. The van der Waals surface area contributed by atoms with Crippen LogP contribution in [0.4, 0.5) is 0 Å². The van der Waals surface area contributed by atoms with Crippen molar-refractivity contribution >= 4 is 11.9 Å². The summed E-state index contributed by atoms with van der Waals surface area (Å²) < 4.78 is 10.9. The van der Waals surface area contributed by atoms with Crippen LogP contribution in [0.3, 0.4) is 0 Å². The maximum absolute atomic E-state index is 12.3. The third-order valence-electron chi connectivity index (χ3n) is 4.21. The summed E-state index contributed by atoms with van der Waals surface area (Å²) in [6.45, 7) is 0.573. The topological polar surface area (TPSA) is 84.9 Å². The molecule has 0 saturated heterocycles. The zero-order valence-corrected chi connectivity index (χ0v) is 14.3. The fourth-order valence-corrected chi connectivity index (χ4v) is 2.98. The van der Waals surface area contributed by atoms with E-state index in [1.807, 2.05) is 24.3 Å². The van der Waals surface area contributed by atoms with Crippen LogP contribution >= 0.6 is 0 Å². The van der Waals surface area contributed by atoms with E-state index in [0.717, 1.165) is 17.5 Å². The summed E-state index contributed by atoms with van der Waals surface area (Å²) in [5.41, 5.74) is 3.16. The standard InChI is InChI=1S/C20H21NO5/c22-19(11-18-17-7-2-1-5-15(17)8-9-25-18)21-12-14-4-3-6-16(10-14)26-13-20(23)24/h1-7,10,18H,8-9,11-13H2,(H,21,22)(H,23,24)/t18-/m0/s1. The molecule has 1 aliphatic heterocycles. The second-order valence-electron chi connectivity index (χ2n) is 6.12. The molecule has 136 valence electrons. The molecule has 6 heteroatoms. The van der Waals surface area contributed by atoms with Gasteiger partial charge >= 0.3 is 5.97 Å². The van der Waals surface area contributed by atoms with E-state index in [9.17, 15) is 9.59 Å². The normalized spacial score (nSPS) is 15.8. The number of benzene rings is 2. The first-order valence-electron chi connectivity index (χ1n) is 8.51. The summed E-state index contributed by atoms with van der Waals surface area (Å²) in [6, 6.07) is 15.1. The zero-order valence-electron chi connectivity index (χ0n) is 14.3. The Morgan fingerprint density at radius 1 is 1.19 bits per heavy atom. The monoisotopic (exact) mass is 355 g/mol. The average Bonchev–Trinajstić information content (AvgIpc) is 2.65. The highest BCUT2D eigenvalue weighted by Crippen LogP contribution is 2.29. The molecule has 0 fully saturated rings. The maximum Gasteiger partial charge on any atom is 0.341 e. The third-order valence-corrected chi connectivity index (χ3v) is 4.21. The number of carbonyl (C=O) groups is 2. The van der Waals surface area contributed by atoms with E-state index in [0.29, 0.717) is 18.9 Å². The molecular formula is C20H21NO5. The second kappa shape index (κ2) is 8.49. The Bertz CT molecular complexity index is 789. The van der Waals surface area contributed by atoms with Gasteiger partial charge in [0.15, 0.2) is 6.61 Å². The van der Waals surface area contributed by atoms with Crippen LogP contribution < -0.4 is 10.1 Å². The lowest BCUT2D eigenvalue weighted by molar-refractivity contribution is -0.139. The number of carboxylic acid groups (broad SMARTS) is 1. The molecule has 2 aromatic carbocycles. The maximum atomic E-state index is 12.3. The van der Waals surface area contributed by atoms with Crippen molar-refractivity contribution in [3.63, 3.8) is 0 Å². The van der Waals surface area contributed by atoms with Crippen molar-refractivity contribution in [3.05, 3.63) is 65.2 Å². The van der Waals surface area contributed by atoms with Crippen LogP contribution in [0.1, 0.15) is 29.2 Å². The number of amides is 1. The van der Waals surface area contributed by atoms with E-state index in [4.69, 9.17) is 14.6 Å². The molecule has 0 saturated carbocycles. The summed E-state index contributed by atoms with van der Waals surface area (Å²) >= 11 is 0. The highest BCUT2D eigenvalue weighted by atomic mass is 16.5. The highest BCUT2D eigenvalue weighted by Gasteiger charge is 2.22. The molecule has 1 amide bonds. The van der Waals surface area contributed by atoms with Crippen LogP contribution in [0.5, 0.6) is 5.75 Å². The van der Waals surface area contributed by atoms with Crippen molar-refractivity contribution in [2.24, 2.45) is 0 Å². The first kappa shape index (κ1) is 17.9. The Hall–Kier alpha value is -2.86. The van der Waals surface area contributed by atoms with Crippen LogP contribution in [-0.2, 0) is 27.3 Å². The van der Waals surface area contributed by atoms with E-state index < -0.39 is 12.6 Å². The Balaban J connectivity index is 1.53. The summed E-state index contributed by atoms with van der Waals surface area (Å²) in [4.78, 5) is 22.8. The van der Waals surface area contributed by atoms with Crippen molar-refractivity contribution in [2.45, 2.75) is 25.5 Å². The lowest BCUT2D eigenvalue weighted by atomic mass is 9.95. The van der Waals surface area contributed by atoms with E-state index in [2.05, 4.69) is 11.4 Å². The third kappa shape index (κ3) is 4.83. The molecule has 1 aliphatic rings. The molecule has 1 heterocycles. The molecule has 26 heavy (non-hydrogen) atoms. The van der Waals surface area contributed by atoms with Gasteiger partial charge in [0.05, 0.1) is 19.1 Å². The molecule has 0 radical (unpaired) electrons. The van der Waals surface area contributed by atoms with E-state index in [1.54, 1.807) is 18.2 Å². The van der Waals surface area contributed by atoms with Gasteiger partial charge in [-0.3, -0.25) is 4.79 Å². The Morgan fingerprint density at radius 3 is 2.88 bits per heavy atom. The van der Waals surface area contributed by atoms with Crippen LogP contribution in [0.2, 0.25) is 0 Å². The number of carbonyl (C=O) groups excluding carboxylic acids is 1. The van der Waals surface area contributed by atoms with Crippen molar-refractivity contribution in [1.29, 1.82) is 0 Å². The number of hydrogen-bond acceptors (Lipinski definition) is 4. The van der Waals surface area contributed by atoms with Gasteiger partial charge in [-0.05, 0) is 35.2 Å². The lowest BCUT2D eigenvalue weighted by Gasteiger charge is -2.25. The lowest BCUT2D eigenvalue weighted by Crippen LogP contribution is -2.27. The molecule has 2 N–H and O–H groups in total. The van der Waals surface area contributed by atoms with Gasteiger partial charge < -0.3 is 19.9 Å². The van der Waals surface area contributed by atoms with E-state index >= 15 is 0 Å². The SMILES string of the molecule is O=C(O)COc1cccc(CNC(=O)C[C@@H]2OCCc3ccccc32)c1. The number of nitrogens with one attached hydrogen (secondary N) is 1. The number of carboxylic acids is 1. The average molecular weight is 355 g/mol. The molecule has 0 bridgehead atoms.